The van der Waals surface area contributed by atoms with Crippen LogP contribution in [-0.2, 0) is 21.2 Å². The van der Waals surface area contributed by atoms with Gasteiger partial charge < -0.3 is 10.1 Å². The maximum atomic E-state index is 13.2. The summed E-state index contributed by atoms with van der Waals surface area (Å²) in [5, 5.41) is 2.98. The van der Waals surface area contributed by atoms with Gasteiger partial charge in [0.1, 0.15) is 0 Å². The molecule has 1 N–H and O–H groups in total. The molecule has 1 saturated heterocycles. The number of carbonyl (C=O) groups excluding carboxylic acids is 1. The van der Waals surface area contributed by atoms with Gasteiger partial charge in [0.15, 0.2) is 0 Å². The van der Waals surface area contributed by atoms with Crippen LogP contribution in [0, 0.1) is 0 Å². The third-order valence-electron chi connectivity index (χ3n) is 5.84. The number of fused-ring (bicyclic) bond motifs is 1. The van der Waals surface area contributed by atoms with Gasteiger partial charge in [0.05, 0.1) is 23.8 Å². The molecule has 0 aromatic heterocycles. The highest BCUT2D eigenvalue weighted by atomic mass is 32.2. The van der Waals surface area contributed by atoms with Crippen molar-refractivity contribution < 1.29 is 17.9 Å². The Morgan fingerprint density at radius 3 is 2.61 bits per heavy atom. The zero-order chi connectivity index (χ0) is 21.8. The van der Waals surface area contributed by atoms with E-state index in [0.29, 0.717) is 24.2 Å². The molecule has 0 aliphatic carbocycles. The van der Waals surface area contributed by atoms with Crippen molar-refractivity contribution in [1.82, 2.24) is 10.2 Å². The van der Waals surface area contributed by atoms with E-state index in [-0.39, 0.29) is 16.8 Å². The number of morpholine rings is 1. The average molecular weight is 444 g/mol. The minimum absolute atomic E-state index is 0.123. The molecule has 0 spiro atoms. The van der Waals surface area contributed by atoms with Crippen LogP contribution in [0.5, 0.6) is 0 Å². The second kappa shape index (κ2) is 9.38. The highest BCUT2D eigenvalue weighted by Gasteiger charge is 2.36. The molecule has 31 heavy (non-hydrogen) atoms. The van der Waals surface area contributed by atoms with Gasteiger partial charge in [0.2, 0.25) is 0 Å². The molecule has 7 nitrogen and oxygen atoms in total. The van der Waals surface area contributed by atoms with Gasteiger partial charge in [-0.3, -0.25) is 14.0 Å². The van der Waals surface area contributed by atoms with Crippen molar-refractivity contribution in [3.63, 3.8) is 0 Å². The highest BCUT2D eigenvalue weighted by Crippen LogP contribution is 2.37. The van der Waals surface area contributed by atoms with Crippen molar-refractivity contribution in [2.24, 2.45) is 0 Å². The summed E-state index contributed by atoms with van der Waals surface area (Å²) in [6, 6.07) is 13.5. The maximum absolute atomic E-state index is 13.2. The Hall–Kier alpha value is -2.42. The minimum atomic E-state index is -3.64. The number of nitrogens with zero attached hydrogens (tertiary/aromatic N) is 2. The van der Waals surface area contributed by atoms with Crippen molar-refractivity contribution >= 4 is 21.6 Å². The molecule has 166 valence electrons. The summed E-state index contributed by atoms with van der Waals surface area (Å²) in [6.07, 6.45) is 1.47. The van der Waals surface area contributed by atoms with Gasteiger partial charge in [-0.1, -0.05) is 18.2 Å². The van der Waals surface area contributed by atoms with Crippen molar-refractivity contribution in [3.8, 4) is 0 Å². The van der Waals surface area contributed by atoms with Crippen molar-refractivity contribution in [1.29, 1.82) is 0 Å². The summed E-state index contributed by atoms with van der Waals surface area (Å²) >= 11 is 0. The van der Waals surface area contributed by atoms with E-state index in [1.165, 1.54) is 4.31 Å². The fourth-order valence-corrected chi connectivity index (χ4v) is 5.96. The van der Waals surface area contributed by atoms with Crippen LogP contribution in [-0.4, -0.2) is 64.7 Å². The van der Waals surface area contributed by atoms with E-state index in [0.717, 1.165) is 44.8 Å². The maximum Gasteiger partial charge on any atom is 0.264 e. The average Bonchev–Trinajstić information content (AvgIpc) is 3.13. The molecule has 1 amide bonds. The molecular formula is C23H29N3O4S. The highest BCUT2D eigenvalue weighted by molar-refractivity contribution is 7.92. The van der Waals surface area contributed by atoms with Gasteiger partial charge in [-0.05, 0) is 62.2 Å². The van der Waals surface area contributed by atoms with Crippen molar-refractivity contribution in [2.45, 2.75) is 30.7 Å². The van der Waals surface area contributed by atoms with E-state index in [4.69, 9.17) is 4.74 Å². The first-order chi connectivity index (χ1) is 15.0. The van der Waals surface area contributed by atoms with E-state index in [2.05, 4.69) is 10.2 Å². The van der Waals surface area contributed by atoms with E-state index >= 15 is 0 Å². The number of benzene rings is 2. The van der Waals surface area contributed by atoms with Crippen LogP contribution in [0.25, 0.3) is 0 Å². The van der Waals surface area contributed by atoms with Crippen molar-refractivity contribution in [2.75, 3.05) is 43.7 Å². The third-order valence-corrected chi connectivity index (χ3v) is 7.78. The molecule has 2 aliphatic heterocycles. The van der Waals surface area contributed by atoms with E-state index in [1.807, 2.05) is 13.0 Å². The molecule has 4 rings (SSSR count). The summed E-state index contributed by atoms with van der Waals surface area (Å²) in [5.74, 6) is -0.123. The third kappa shape index (κ3) is 4.76. The lowest BCUT2D eigenvalue weighted by Crippen LogP contribution is -2.38. The number of rotatable bonds is 7. The SMILES string of the molecule is C[C@H]1Cc2cc(C(=O)NCCCN3CCOCC3)ccc2N1S(=O)(=O)c1ccccc1. The lowest BCUT2D eigenvalue weighted by atomic mass is 10.1. The first kappa shape index (κ1) is 21.8. The predicted octanol–water partition coefficient (Wildman–Crippen LogP) is 2.28. The van der Waals surface area contributed by atoms with Gasteiger partial charge in [-0.2, -0.15) is 0 Å². The molecule has 8 heteroatoms. The smallest absolute Gasteiger partial charge is 0.264 e. The van der Waals surface area contributed by atoms with Gasteiger partial charge >= 0.3 is 0 Å². The molecule has 1 atom stereocenters. The van der Waals surface area contributed by atoms with Crippen LogP contribution in [0.4, 0.5) is 5.69 Å². The topological polar surface area (TPSA) is 79.0 Å². The molecule has 2 aliphatic rings. The van der Waals surface area contributed by atoms with Gasteiger partial charge in [0, 0.05) is 31.2 Å². The molecule has 2 heterocycles. The lowest BCUT2D eigenvalue weighted by molar-refractivity contribution is 0.0374. The number of amides is 1. The summed E-state index contributed by atoms with van der Waals surface area (Å²) in [6.45, 7) is 6.88. The molecule has 0 unspecified atom stereocenters. The van der Waals surface area contributed by atoms with Crippen LogP contribution in [0.15, 0.2) is 53.4 Å². The van der Waals surface area contributed by atoms with E-state index in [1.54, 1.807) is 42.5 Å². The van der Waals surface area contributed by atoms with Gasteiger partial charge in [0.25, 0.3) is 15.9 Å². The van der Waals surface area contributed by atoms with Crippen LogP contribution in [0.2, 0.25) is 0 Å². The standard InChI is InChI=1S/C23H29N3O4S/c1-18-16-20-17-19(23(27)24-10-5-11-25-12-14-30-15-13-25)8-9-22(20)26(18)31(28,29)21-6-3-2-4-7-21/h2-4,6-9,17-18H,5,10-16H2,1H3,(H,24,27)/t18-/m0/s1. The molecule has 2 aromatic carbocycles. The van der Waals surface area contributed by atoms with Gasteiger partial charge in [-0.25, -0.2) is 8.42 Å². The van der Waals surface area contributed by atoms with Crippen molar-refractivity contribution in [3.05, 3.63) is 59.7 Å². The summed E-state index contributed by atoms with van der Waals surface area (Å²) in [5.41, 5.74) is 2.10. The minimum Gasteiger partial charge on any atom is -0.379 e. The summed E-state index contributed by atoms with van der Waals surface area (Å²) < 4.78 is 33.2. The number of anilines is 1. The molecule has 0 bridgehead atoms. The summed E-state index contributed by atoms with van der Waals surface area (Å²) in [4.78, 5) is 15.2. The molecule has 0 saturated carbocycles. The Balaban J connectivity index is 1.41. The molecule has 2 aromatic rings. The number of hydrogen-bond donors (Lipinski definition) is 1. The van der Waals surface area contributed by atoms with Crippen LogP contribution >= 0.6 is 0 Å². The number of carbonyl (C=O) groups is 1. The largest absolute Gasteiger partial charge is 0.379 e. The zero-order valence-electron chi connectivity index (χ0n) is 17.8. The fraction of sp³-hybridized carbons (Fsp3) is 0.435. The number of ether oxygens (including phenoxy) is 1. The first-order valence-electron chi connectivity index (χ1n) is 10.8. The normalized spacial score (nSPS) is 19.3. The van der Waals surface area contributed by atoms with Gasteiger partial charge in [-0.15, -0.1) is 0 Å². The Morgan fingerprint density at radius 2 is 1.87 bits per heavy atom. The van der Waals surface area contributed by atoms with Crippen LogP contribution in [0.1, 0.15) is 29.3 Å². The predicted molar refractivity (Wildman–Crippen MR) is 120 cm³/mol. The second-order valence-electron chi connectivity index (χ2n) is 8.07. The van der Waals surface area contributed by atoms with Crippen LogP contribution in [0.3, 0.4) is 0 Å². The fourth-order valence-electron chi connectivity index (χ4n) is 4.25. The Bertz CT molecular complexity index is 1020. The van der Waals surface area contributed by atoms with Crippen LogP contribution < -0.4 is 9.62 Å². The Labute approximate surface area is 184 Å². The second-order valence-corrected chi connectivity index (χ2v) is 9.89. The lowest BCUT2D eigenvalue weighted by Gasteiger charge is -2.26. The molecule has 1 fully saturated rings. The molecular weight excluding hydrogens is 414 g/mol. The quantitative estimate of drug-likeness (QED) is 0.665. The summed E-state index contributed by atoms with van der Waals surface area (Å²) in [7, 11) is -3.64. The molecule has 0 radical (unpaired) electrons. The Morgan fingerprint density at radius 1 is 1.13 bits per heavy atom. The zero-order valence-corrected chi connectivity index (χ0v) is 18.6. The number of nitrogens with one attached hydrogen (secondary N) is 1. The van der Waals surface area contributed by atoms with E-state index in [9.17, 15) is 13.2 Å². The number of hydrogen-bond acceptors (Lipinski definition) is 5. The first-order valence-corrected chi connectivity index (χ1v) is 12.2. The monoisotopic (exact) mass is 443 g/mol. The Kier molecular flexibility index (Phi) is 6.60. The van der Waals surface area contributed by atoms with E-state index < -0.39 is 10.0 Å². The number of sulfonamides is 1.